The third-order valence-corrected chi connectivity index (χ3v) is 7.86. The number of fused-ring (bicyclic) bond motifs is 1. The van der Waals surface area contributed by atoms with E-state index >= 15 is 0 Å². The topological polar surface area (TPSA) is 88.4 Å². The highest BCUT2D eigenvalue weighted by Crippen LogP contribution is 2.25. The fraction of sp³-hybridized carbons (Fsp3) is 0.174. The van der Waals surface area contributed by atoms with Crippen LogP contribution >= 0.6 is 11.6 Å². The SMILES string of the molecule is O=C(c1ccc(-n2cncn2)cc1)N1CCN(S(=O)(=O)c2ccc3cc(Cl)ccc3c2)CC1. The summed E-state index contributed by atoms with van der Waals surface area (Å²) < 4.78 is 29.4. The zero-order valence-corrected chi connectivity index (χ0v) is 19.1. The lowest BCUT2D eigenvalue weighted by Gasteiger charge is -2.34. The van der Waals surface area contributed by atoms with Crippen molar-refractivity contribution in [2.24, 2.45) is 0 Å². The lowest BCUT2D eigenvalue weighted by atomic mass is 10.1. The van der Waals surface area contributed by atoms with Crippen molar-refractivity contribution in [2.45, 2.75) is 4.90 Å². The van der Waals surface area contributed by atoms with Gasteiger partial charge >= 0.3 is 0 Å². The molecule has 2 heterocycles. The third kappa shape index (κ3) is 4.22. The number of aromatic nitrogens is 3. The molecular weight excluding hydrogens is 462 g/mol. The van der Waals surface area contributed by atoms with Crippen molar-refractivity contribution in [1.29, 1.82) is 0 Å². The fourth-order valence-electron chi connectivity index (χ4n) is 3.92. The summed E-state index contributed by atoms with van der Waals surface area (Å²) in [5, 5.41) is 6.36. The maximum Gasteiger partial charge on any atom is 0.253 e. The standard InChI is InChI=1S/C23H20ClN5O3S/c24-20-5-1-19-14-22(8-4-18(19)13-20)33(31,32)28-11-9-27(10-12-28)23(30)17-2-6-21(7-3-17)29-16-25-15-26-29/h1-8,13-16H,9-12H2. The van der Waals surface area contributed by atoms with E-state index in [4.69, 9.17) is 11.6 Å². The maximum absolute atomic E-state index is 13.2. The first kappa shape index (κ1) is 21.6. The molecule has 5 rings (SSSR count). The van der Waals surface area contributed by atoms with E-state index in [9.17, 15) is 13.2 Å². The van der Waals surface area contributed by atoms with Crippen LogP contribution in [0.5, 0.6) is 0 Å². The van der Waals surface area contributed by atoms with E-state index in [1.807, 2.05) is 0 Å². The zero-order chi connectivity index (χ0) is 23.0. The number of carbonyl (C=O) groups excluding carboxylic acids is 1. The van der Waals surface area contributed by atoms with Gasteiger partial charge < -0.3 is 4.90 Å². The van der Waals surface area contributed by atoms with Gasteiger partial charge in [-0.2, -0.15) is 9.40 Å². The number of benzene rings is 3. The van der Waals surface area contributed by atoms with Crippen molar-refractivity contribution in [3.05, 3.63) is 83.9 Å². The monoisotopic (exact) mass is 481 g/mol. The van der Waals surface area contributed by atoms with Gasteiger partial charge in [0.2, 0.25) is 10.0 Å². The summed E-state index contributed by atoms with van der Waals surface area (Å²) in [6.07, 6.45) is 3.03. The Morgan fingerprint density at radius 1 is 0.879 bits per heavy atom. The van der Waals surface area contributed by atoms with E-state index in [0.717, 1.165) is 16.5 Å². The number of amides is 1. The maximum atomic E-state index is 13.2. The molecule has 0 spiro atoms. The molecule has 0 aliphatic carbocycles. The smallest absolute Gasteiger partial charge is 0.253 e. The van der Waals surface area contributed by atoms with Gasteiger partial charge in [0.1, 0.15) is 12.7 Å². The van der Waals surface area contributed by atoms with Gasteiger partial charge in [-0.25, -0.2) is 18.1 Å². The number of rotatable bonds is 4. The minimum absolute atomic E-state index is 0.125. The second kappa shape index (κ2) is 8.58. The number of nitrogens with zero attached hydrogens (tertiary/aromatic N) is 5. The fourth-order valence-corrected chi connectivity index (χ4v) is 5.56. The molecule has 1 amide bonds. The van der Waals surface area contributed by atoms with Crippen LogP contribution in [-0.4, -0.2) is 64.5 Å². The normalized spacial score (nSPS) is 15.1. The molecule has 0 N–H and O–H groups in total. The predicted octanol–water partition coefficient (Wildman–Crippen LogP) is 3.22. The van der Waals surface area contributed by atoms with Gasteiger partial charge in [-0.05, 0) is 59.3 Å². The number of carbonyl (C=O) groups is 1. The molecule has 0 atom stereocenters. The average molecular weight is 482 g/mol. The van der Waals surface area contributed by atoms with Crippen LogP contribution < -0.4 is 0 Å². The first-order valence-corrected chi connectivity index (χ1v) is 12.2. The van der Waals surface area contributed by atoms with E-state index < -0.39 is 10.0 Å². The van der Waals surface area contributed by atoms with Gasteiger partial charge in [-0.15, -0.1) is 0 Å². The summed E-state index contributed by atoms with van der Waals surface area (Å²) in [5.74, 6) is -0.125. The minimum atomic E-state index is -3.66. The minimum Gasteiger partial charge on any atom is -0.336 e. The van der Waals surface area contributed by atoms with Gasteiger partial charge in [0, 0.05) is 36.8 Å². The first-order valence-electron chi connectivity index (χ1n) is 10.4. The average Bonchev–Trinajstić information content (AvgIpc) is 3.38. The molecule has 168 valence electrons. The van der Waals surface area contributed by atoms with E-state index in [1.165, 1.54) is 10.6 Å². The molecule has 1 aliphatic rings. The Balaban J connectivity index is 1.27. The highest BCUT2D eigenvalue weighted by Gasteiger charge is 2.30. The summed E-state index contributed by atoms with van der Waals surface area (Å²) in [4.78, 5) is 18.7. The molecule has 33 heavy (non-hydrogen) atoms. The Morgan fingerprint density at radius 3 is 2.27 bits per heavy atom. The lowest BCUT2D eigenvalue weighted by Crippen LogP contribution is -2.50. The molecule has 3 aromatic carbocycles. The summed E-state index contributed by atoms with van der Waals surface area (Å²) >= 11 is 6.02. The number of hydrogen-bond acceptors (Lipinski definition) is 5. The summed E-state index contributed by atoms with van der Waals surface area (Å²) in [7, 11) is -3.66. The first-order chi connectivity index (χ1) is 15.9. The van der Waals surface area contributed by atoms with E-state index in [-0.39, 0.29) is 23.9 Å². The van der Waals surface area contributed by atoms with Gasteiger partial charge in [0.15, 0.2) is 0 Å². The van der Waals surface area contributed by atoms with Crippen LogP contribution in [0, 0.1) is 0 Å². The summed E-state index contributed by atoms with van der Waals surface area (Å²) in [6, 6.07) is 17.5. The van der Waals surface area contributed by atoms with Crippen molar-refractivity contribution in [3.8, 4) is 5.69 Å². The largest absolute Gasteiger partial charge is 0.336 e. The molecule has 1 aromatic heterocycles. The van der Waals surface area contributed by atoms with Crippen LogP contribution in [0.25, 0.3) is 16.5 Å². The molecule has 0 radical (unpaired) electrons. The van der Waals surface area contributed by atoms with Crippen LogP contribution in [0.15, 0.2) is 78.2 Å². The molecule has 8 nitrogen and oxygen atoms in total. The van der Waals surface area contributed by atoms with Crippen molar-refractivity contribution in [3.63, 3.8) is 0 Å². The van der Waals surface area contributed by atoms with Crippen molar-refractivity contribution in [1.82, 2.24) is 24.0 Å². The number of sulfonamides is 1. The van der Waals surface area contributed by atoms with E-state index in [2.05, 4.69) is 10.1 Å². The molecule has 0 unspecified atom stereocenters. The molecule has 1 fully saturated rings. The van der Waals surface area contributed by atoms with Crippen molar-refractivity contribution >= 4 is 38.3 Å². The Bertz CT molecular complexity index is 1410. The molecule has 0 bridgehead atoms. The van der Waals surface area contributed by atoms with Crippen molar-refractivity contribution < 1.29 is 13.2 Å². The number of halogens is 1. The Morgan fingerprint density at radius 2 is 1.58 bits per heavy atom. The highest BCUT2D eigenvalue weighted by atomic mass is 35.5. The Kier molecular flexibility index (Phi) is 5.61. The zero-order valence-electron chi connectivity index (χ0n) is 17.5. The van der Waals surface area contributed by atoms with Gasteiger partial charge in [-0.3, -0.25) is 4.79 Å². The van der Waals surface area contributed by atoms with E-state index in [1.54, 1.807) is 76.6 Å². The summed E-state index contributed by atoms with van der Waals surface area (Å²) in [6.45, 7) is 1.13. The van der Waals surface area contributed by atoms with Gasteiger partial charge in [-0.1, -0.05) is 23.7 Å². The second-order valence-corrected chi connectivity index (χ2v) is 10.1. The van der Waals surface area contributed by atoms with Gasteiger partial charge in [0.05, 0.1) is 10.6 Å². The lowest BCUT2D eigenvalue weighted by molar-refractivity contribution is 0.0698. The van der Waals surface area contributed by atoms with Crippen molar-refractivity contribution in [2.75, 3.05) is 26.2 Å². The van der Waals surface area contributed by atoms with E-state index in [0.29, 0.717) is 23.7 Å². The van der Waals surface area contributed by atoms with Crippen LogP contribution in [0.2, 0.25) is 5.02 Å². The molecule has 0 saturated carbocycles. The molecule has 1 aliphatic heterocycles. The van der Waals surface area contributed by atoms with Gasteiger partial charge in [0.25, 0.3) is 5.91 Å². The predicted molar refractivity (Wildman–Crippen MR) is 125 cm³/mol. The Hall–Kier alpha value is -3.27. The van der Waals surface area contributed by atoms with Crippen LogP contribution in [0.1, 0.15) is 10.4 Å². The second-order valence-electron chi connectivity index (χ2n) is 7.74. The molecule has 4 aromatic rings. The Labute approximate surface area is 196 Å². The number of hydrogen-bond donors (Lipinski definition) is 0. The van der Waals surface area contributed by atoms with Crippen LogP contribution in [-0.2, 0) is 10.0 Å². The quantitative estimate of drug-likeness (QED) is 0.446. The molecule has 10 heteroatoms. The summed E-state index contributed by atoms with van der Waals surface area (Å²) in [5.41, 5.74) is 1.35. The van der Waals surface area contributed by atoms with Crippen LogP contribution in [0.3, 0.4) is 0 Å². The number of piperazine rings is 1. The highest BCUT2D eigenvalue weighted by molar-refractivity contribution is 7.89. The third-order valence-electron chi connectivity index (χ3n) is 5.73. The van der Waals surface area contributed by atoms with Crippen LogP contribution in [0.4, 0.5) is 0 Å². The molecular formula is C23H20ClN5O3S. The molecule has 1 saturated heterocycles.